The number of piperazine rings is 1. The quantitative estimate of drug-likeness (QED) is 0.570. The van der Waals surface area contributed by atoms with Crippen LogP contribution in [0.15, 0.2) is 41.1 Å². The van der Waals surface area contributed by atoms with Crippen molar-refractivity contribution in [3.8, 4) is 6.07 Å². The number of nitrogens with one attached hydrogen (secondary N) is 1. The highest BCUT2D eigenvalue weighted by Gasteiger charge is 2.31. The molecule has 0 radical (unpaired) electrons. The Morgan fingerprint density at radius 3 is 2.51 bits per heavy atom. The summed E-state index contributed by atoms with van der Waals surface area (Å²) >= 11 is 0. The van der Waals surface area contributed by atoms with Gasteiger partial charge < -0.3 is 19.2 Å². The number of pyridine rings is 1. The van der Waals surface area contributed by atoms with E-state index in [2.05, 4.69) is 16.4 Å². The molecule has 1 amide bonds. The zero-order valence-corrected chi connectivity index (χ0v) is 19.4. The second kappa shape index (κ2) is 9.84. The molecule has 0 aromatic carbocycles. The van der Waals surface area contributed by atoms with Crippen LogP contribution in [0.1, 0.15) is 28.1 Å². The number of halogens is 3. The summed E-state index contributed by atoms with van der Waals surface area (Å²) in [6.07, 6.45) is -2.01. The van der Waals surface area contributed by atoms with Gasteiger partial charge in [-0.1, -0.05) is 0 Å². The van der Waals surface area contributed by atoms with Gasteiger partial charge >= 0.3 is 6.18 Å². The number of amides is 1. The molecule has 4 rings (SSSR count). The average Bonchev–Trinajstić information content (AvgIpc) is 3.42. The molecule has 1 aliphatic rings. The van der Waals surface area contributed by atoms with E-state index < -0.39 is 11.7 Å². The standard InChI is InChI=1S/C24H25F3N6O2/c1-16-17(2)33(14-19-4-3-11-35-19)23(20(16)12-28)30-22(34)15-31-7-9-32(10-8-31)21-6-5-18(13-29-21)24(25,26)27/h3-6,11,13H,7-10,14-15H2,1-2H3,(H,30,34). The number of aromatic nitrogens is 2. The van der Waals surface area contributed by atoms with Gasteiger partial charge in [0.05, 0.1) is 30.5 Å². The summed E-state index contributed by atoms with van der Waals surface area (Å²) in [7, 11) is 0. The van der Waals surface area contributed by atoms with Crippen molar-refractivity contribution < 1.29 is 22.4 Å². The molecule has 0 bridgehead atoms. The fourth-order valence-corrected chi connectivity index (χ4v) is 4.14. The van der Waals surface area contributed by atoms with Crippen LogP contribution in [-0.4, -0.2) is 53.1 Å². The lowest BCUT2D eigenvalue weighted by Gasteiger charge is -2.35. The minimum atomic E-state index is -4.42. The molecule has 3 aromatic heterocycles. The molecule has 1 fully saturated rings. The van der Waals surface area contributed by atoms with Crippen LogP contribution in [0.4, 0.5) is 24.8 Å². The van der Waals surface area contributed by atoms with Gasteiger partial charge in [-0.2, -0.15) is 18.4 Å². The van der Waals surface area contributed by atoms with E-state index in [1.807, 2.05) is 34.3 Å². The van der Waals surface area contributed by atoms with E-state index in [-0.39, 0.29) is 12.5 Å². The van der Waals surface area contributed by atoms with Gasteiger partial charge in [0.15, 0.2) is 0 Å². The second-order valence-electron chi connectivity index (χ2n) is 8.43. The smallest absolute Gasteiger partial charge is 0.417 e. The number of anilines is 2. The molecule has 0 aliphatic carbocycles. The van der Waals surface area contributed by atoms with Gasteiger partial charge in [0.25, 0.3) is 0 Å². The summed E-state index contributed by atoms with van der Waals surface area (Å²) in [6, 6.07) is 8.19. The van der Waals surface area contributed by atoms with Gasteiger partial charge in [-0.05, 0) is 43.7 Å². The number of nitriles is 1. The zero-order valence-electron chi connectivity index (χ0n) is 19.4. The highest BCUT2D eigenvalue weighted by molar-refractivity contribution is 5.93. The molecule has 11 heteroatoms. The molecule has 184 valence electrons. The lowest BCUT2D eigenvalue weighted by Crippen LogP contribution is -2.49. The van der Waals surface area contributed by atoms with Crippen LogP contribution in [0, 0.1) is 25.2 Å². The fraction of sp³-hybridized carbons (Fsp3) is 0.375. The molecule has 35 heavy (non-hydrogen) atoms. The molecule has 0 unspecified atom stereocenters. The van der Waals surface area contributed by atoms with Crippen LogP contribution >= 0.6 is 0 Å². The minimum Gasteiger partial charge on any atom is -0.467 e. The van der Waals surface area contributed by atoms with Gasteiger partial charge in [-0.15, -0.1) is 0 Å². The van der Waals surface area contributed by atoms with Gasteiger partial charge in [0, 0.05) is 38.1 Å². The van der Waals surface area contributed by atoms with Gasteiger partial charge in [0.2, 0.25) is 5.91 Å². The molecule has 1 saturated heterocycles. The third-order valence-corrected chi connectivity index (χ3v) is 6.23. The number of hydrogen-bond donors (Lipinski definition) is 1. The first-order valence-corrected chi connectivity index (χ1v) is 11.1. The lowest BCUT2D eigenvalue weighted by molar-refractivity contribution is -0.137. The molecule has 0 saturated carbocycles. The van der Waals surface area contributed by atoms with E-state index in [4.69, 9.17) is 4.42 Å². The molecule has 8 nitrogen and oxygen atoms in total. The van der Waals surface area contributed by atoms with Crippen LogP contribution in [0.2, 0.25) is 0 Å². The highest BCUT2D eigenvalue weighted by Crippen LogP contribution is 2.30. The maximum atomic E-state index is 12.9. The van der Waals surface area contributed by atoms with Gasteiger partial charge in [0.1, 0.15) is 23.5 Å². The molecule has 3 aromatic rings. The normalized spacial score (nSPS) is 14.7. The predicted molar refractivity (Wildman–Crippen MR) is 123 cm³/mol. The number of nitrogens with zero attached hydrogens (tertiary/aromatic N) is 5. The monoisotopic (exact) mass is 486 g/mol. The number of hydrogen-bond acceptors (Lipinski definition) is 6. The fourth-order valence-electron chi connectivity index (χ4n) is 4.14. The van der Waals surface area contributed by atoms with Gasteiger partial charge in [-0.25, -0.2) is 4.98 Å². The first kappa shape index (κ1) is 24.3. The van der Waals surface area contributed by atoms with Crippen LogP contribution in [0.5, 0.6) is 0 Å². The molecule has 1 N–H and O–H groups in total. The molecular weight excluding hydrogens is 461 g/mol. The van der Waals surface area contributed by atoms with Crippen LogP contribution in [0.3, 0.4) is 0 Å². The Morgan fingerprint density at radius 1 is 1.20 bits per heavy atom. The molecule has 0 spiro atoms. The minimum absolute atomic E-state index is 0.128. The van der Waals surface area contributed by atoms with E-state index in [1.165, 1.54) is 6.07 Å². The number of carbonyl (C=O) groups excluding carboxylic acids is 1. The summed E-state index contributed by atoms with van der Waals surface area (Å²) in [5.41, 5.74) is 1.30. The molecule has 4 heterocycles. The lowest BCUT2D eigenvalue weighted by atomic mass is 10.2. The molecule has 1 aliphatic heterocycles. The van der Waals surface area contributed by atoms with Crippen molar-refractivity contribution in [1.82, 2.24) is 14.5 Å². The van der Waals surface area contributed by atoms with Gasteiger partial charge in [-0.3, -0.25) is 9.69 Å². The van der Waals surface area contributed by atoms with Crippen molar-refractivity contribution in [2.45, 2.75) is 26.6 Å². The highest BCUT2D eigenvalue weighted by atomic mass is 19.4. The van der Waals surface area contributed by atoms with Crippen molar-refractivity contribution in [3.63, 3.8) is 0 Å². The van der Waals surface area contributed by atoms with E-state index in [0.717, 1.165) is 23.5 Å². The summed E-state index contributed by atoms with van der Waals surface area (Å²) in [6.45, 7) is 6.41. The maximum Gasteiger partial charge on any atom is 0.417 e. The number of alkyl halides is 3. The van der Waals surface area contributed by atoms with Crippen LogP contribution in [0.25, 0.3) is 0 Å². The van der Waals surface area contributed by atoms with Crippen molar-refractivity contribution in [2.24, 2.45) is 0 Å². The Kier molecular flexibility index (Phi) is 6.84. The van der Waals surface area contributed by atoms with Crippen molar-refractivity contribution in [1.29, 1.82) is 5.26 Å². The van der Waals surface area contributed by atoms with Crippen molar-refractivity contribution in [3.05, 3.63) is 64.9 Å². The molecular formula is C24H25F3N6O2. The molecule has 0 atom stereocenters. The largest absolute Gasteiger partial charge is 0.467 e. The predicted octanol–water partition coefficient (Wildman–Crippen LogP) is 3.79. The Bertz CT molecular complexity index is 1220. The Hall–Kier alpha value is -3.78. The third-order valence-electron chi connectivity index (χ3n) is 6.23. The van der Waals surface area contributed by atoms with E-state index >= 15 is 0 Å². The second-order valence-corrected chi connectivity index (χ2v) is 8.43. The third kappa shape index (κ3) is 5.33. The zero-order chi connectivity index (χ0) is 25.2. The van der Waals surface area contributed by atoms with Crippen LogP contribution in [-0.2, 0) is 17.5 Å². The Morgan fingerprint density at radius 2 is 1.94 bits per heavy atom. The first-order chi connectivity index (χ1) is 16.7. The summed E-state index contributed by atoms with van der Waals surface area (Å²) in [5, 5.41) is 12.6. The Labute approximate surface area is 200 Å². The summed E-state index contributed by atoms with van der Waals surface area (Å²) < 4.78 is 45.6. The maximum absolute atomic E-state index is 12.9. The Balaban J connectivity index is 1.38. The first-order valence-electron chi connectivity index (χ1n) is 11.1. The number of furan rings is 1. The van der Waals surface area contributed by atoms with Crippen molar-refractivity contribution in [2.75, 3.05) is 42.9 Å². The number of rotatable bonds is 6. The topological polar surface area (TPSA) is 90.3 Å². The number of carbonyl (C=O) groups is 1. The van der Waals surface area contributed by atoms with Crippen LogP contribution < -0.4 is 10.2 Å². The summed E-state index contributed by atoms with van der Waals surface area (Å²) in [5.74, 6) is 1.37. The van der Waals surface area contributed by atoms with E-state index in [9.17, 15) is 23.2 Å². The average molecular weight is 486 g/mol. The summed E-state index contributed by atoms with van der Waals surface area (Å²) in [4.78, 5) is 20.7. The van der Waals surface area contributed by atoms with E-state index in [1.54, 1.807) is 12.3 Å². The SMILES string of the molecule is Cc1c(C#N)c(NC(=O)CN2CCN(c3ccc(C(F)(F)F)cn3)CC2)n(Cc2ccco2)c1C. The van der Waals surface area contributed by atoms with Crippen molar-refractivity contribution >= 4 is 17.5 Å². The van der Waals surface area contributed by atoms with E-state index in [0.29, 0.717) is 55.7 Å².